The third-order valence-electron chi connectivity index (χ3n) is 5.63. The summed E-state index contributed by atoms with van der Waals surface area (Å²) in [7, 11) is 0. The predicted molar refractivity (Wildman–Crippen MR) is 150 cm³/mol. The van der Waals surface area contributed by atoms with Crippen LogP contribution in [0.25, 0.3) is 0 Å². The van der Waals surface area contributed by atoms with Crippen molar-refractivity contribution in [3.05, 3.63) is 66.2 Å². The van der Waals surface area contributed by atoms with Gasteiger partial charge in [-0.05, 0) is 55.6 Å². The van der Waals surface area contributed by atoms with Crippen LogP contribution in [0.3, 0.4) is 0 Å². The molecule has 4 N–H and O–H groups in total. The summed E-state index contributed by atoms with van der Waals surface area (Å²) < 4.78 is 5.32. The van der Waals surface area contributed by atoms with Crippen LogP contribution in [0, 0.1) is 0 Å². The summed E-state index contributed by atoms with van der Waals surface area (Å²) in [5.74, 6) is -0.272. The van der Waals surface area contributed by atoms with E-state index in [2.05, 4.69) is 28.2 Å². The quantitative estimate of drug-likeness (QED) is 0.175. The summed E-state index contributed by atoms with van der Waals surface area (Å²) in [4.78, 5) is 25.3. The first-order valence-corrected chi connectivity index (χ1v) is 13.3. The zero-order chi connectivity index (χ0) is 25.8. The molecule has 0 aromatic heterocycles. The van der Waals surface area contributed by atoms with Gasteiger partial charge in [0.15, 0.2) is 5.11 Å². The van der Waals surface area contributed by atoms with Crippen LogP contribution in [0.15, 0.2) is 60.7 Å². The van der Waals surface area contributed by atoms with Gasteiger partial charge < -0.3 is 26.0 Å². The molecule has 0 saturated carbocycles. The Balaban J connectivity index is 1.73. The molecule has 0 fully saturated rings. The van der Waals surface area contributed by atoms with Crippen molar-refractivity contribution in [2.75, 3.05) is 18.4 Å². The smallest absolute Gasteiger partial charge is 0.408 e. The van der Waals surface area contributed by atoms with Crippen molar-refractivity contribution < 1.29 is 14.3 Å². The first-order valence-electron chi connectivity index (χ1n) is 12.9. The average molecular weight is 513 g/mol. The number of hydrogen-bond donors (Lipinski definition) is 4. The van der Waals surface area contributed by atoms with Crippen molar-refractivity contribution in [3.63, 3.8) is 0 Å². The van der Waals surface area contributed by atoms with Crippen LogP contribution in [-0.4, -0.2) is 36.2 Å². The summed E-state index contributed by atoms with van der Waals surface area (Å²) in [6.45, 7) is 3.94. The van der Waals surface area contributed by atoms with Gasteiger partial charge in [-0.1, -0.05) is 81.1 Å². The lowest BCUT2D eigenvalue weighted by atomic mass is 10.1. The molecule has 2 aromatic rings. The molecule has 0 aliphatic carbocycles. The van der Waals surface area contributed by atoms with E-state index in [1.165, 1.54) is 25.7 Å². The molecule has 2 rings (SSSR count). The zero-order valence-electron chi connectivity index (χ0n) is 21.3. The van der Waals surface area contributed by atoms with E-state index >= 15 is 0 Å². The number of unbranched alkanes of at least 4 members (excludes halogenated alkanes) is 5. The Bertz CT molecular complexity index is 896. The first kappa shape index (κ1) is 29.1. The molecule has 2 amide bonds. The van der Waals surface area contributed by atoms with Crippen molar-refractivity contribution in [1.29, 1.82) is 0 Å². The fourth-order valence-corrected chi connectivity index (χ4v) is 3.80. The van der Waals surface area contributed by atoms with E-state index in [4.69, 9.17) is 17.0 Å². The normalized spacial score (nSPS) is 11.2. The van der Waals surface area contributed by atoms with Crippen LogP contribution >= 0.6 is 12.2 Å². The minimum absolute atomic E-state index is 0.146. The van der Waals surface area contributed by atoms with Crippen molar-refractivity contribution in [2.24, 2.45) is 0 Å². The molecule has 2 aromatic carbocycles. The lowest BCUT2D eigenvalue weighted by Gasteiger charge is -2.19. The topological polar surface area (TPSA) is 91.5 Å². The van der Waals surface area contributed by atoms with Crippen molar-refractivity contribution in [2.45, 2.75) is 70.9 Å². The maximum absolute atomic E-state index is 12.9. The molecule has 0 aliphatic rings. The van der Waals surface area contributed by atoms with Gasteiger partial charge in [-0.25, -0.2) is 4.79 Å². The van der Waals surface area contributed by atoms with Crippen LogP contribution in [0.5, 0.6) is 0 Å². The number of carbonyl (C=O) groups excluding carboxylic acids is 2. The second-order valence-corrected chi connectivity index (χ2v) is 9.11. The largest absolute Gasteiger partial charge is 0.445 e. The minimum atomic E-state index is -0.707. The monoisotopic (exact) mass is 512 g/mol. The molecule has 1 atom stereocenters. The van der Waals surface area contributed by atoms with Crippen LogP contribution in [0.2, 0.25) is 0 Å². The van der Waals surface area contributed by atoms with E-state index in [0.29, 0.717) is 23.8 Å². The Morgan fingerprint density at radius 2 is 1.44 bits per heavy atom. The second kappa shape index (κ2) is 18.2. The van der Waals surface area contributed by atoms with E-state index in [1.807, 2.05) is 60.7 Å². The zero-order valence-corrected chi connectivity index (χ0v) is 22.1. The number of amides is 2. The molecule has 0 saturated heterocycles. The molecule has 36 heavy (non-hydrogen) atoms. The summed E-state index contributed by atoms with van der Waals surface area (Å²) in [5, 5.41) is 12.7. The minimum Gasteiger partial charge on any atom is -0.445 e. The van der Waals surface area contributed by atoms with Gasteiger partial charge in [-0.15, -0.1) is 0 Å². The van der Waals surface area contributed by atoms with Gasteiger partial charge in [0.25, 0.3) is 0 Å². The number of ether oxygens (including phenoxy) is 1. The first-order chi connectivity index (χ1) is 17.6. The van der Waals surface area contributed by atoms with Gasteiger partial charge in [0, 0.05) is 18.8 Å². The summed E-state index contributed by atoms with van der Waals surface area (Å²) in [6.07, 6.45) is 7.55. The summed E-state index contributed by atoms with van der Waals surface area (Å²) in [6, 6.07) is 17.9. The number of nitrogens with one attached hydrogen (secondary N) is 4. The number of hydrogen-bond acceptors (Lipinski definition) is 4. The van der Waals surface area contributed by atoms with Gasteiger partial charge >= 0.3 is 6.09 Å². The summed E-state index contributed by atoms with van der Waals surface area (Å²) >= 11 is 5.34. The molecule has 0 spiro atoms. The number of thiocarbonyl (C=S) groups is 1. The van der Waals surface area contributed by atoms with E-state index < -0.39 is 12.1 Å². The highest BCUT2D eigenvalue weighted by Crippen LogP contribution is 2.09. The highest BCUT2D eigenvalue weighted by Gasteiger charge is 2.21. The van der Waals surface area contributed by atoms with Gasteiger partial charge in [-0.3, -0.25) is 4.79 Å². The third-order valence-corrected chi connectivity index (χ3v) is 5.92. The lowest BCUT2D eigenvalue weighted by Crippen LogP contribution is -2.44. The van der Waals surface area contributed by atoms with Crippen molar-refractivity contribution >= 4 is 35.0 Å². The number of para-hydroxylation sites is 1. The van der Waals surface area contributed by atoms with Gasteiger partial charge in [0.05, 0.1) is 0 Å². The van der Waals surface area contributed by atoms with E-state index in [9.17, 15) is 9.59 Å². The molecule has 0 unspecified atom stereocenters. The number of carbonyl (C=O) groups is 2. The second-order valence-electron chi connectivity index (χ2n) is 8.71. The summed E-state index contributed by atoms with van der Waals surface area (Å²) in [5.41, 5.74) is 1.56. The molecule has 8 heteroatoms. The Hall–Kier alpha value is -3.13. The lowest BCUT2D eigenvalue weighted by molar-refractivity contribution is -0.118. The molecular formula is C28H40N4O3S. The number of anilines is 1. The molecule has 0 radical (unpaired) electrons. The van der Waals surface area contributed by atoms with E-state index in [-0.39, 0.29) is 12.5 Å². The fourth-order valence-electron chi connectivity index (χ4n) is 3.60. The Kier molecular flexibility index (Phi) is 14.7. The van der Waals surface area contributed by atoms with Gasteiger partial charge in [-0.2, -0.15) is 0 Å². The molecular weight excluding hydrogens is 472 g/mol. The maximum Gasteiger partial charge on any atom is 0.408 e. The Labute approximate surface area is 220 Å². The highest BCUT2D eigenvalue weighted by atomic mass is 32.1. The molecule has 0 aliphatic heterocycles. The fraction of sp³-hybridized carbons (Fsp3) is 0.464. The average Bonchev–Trinajstić information content (AvgIpc) is 2.89. The Morgan fingerprint density at radius 3 is 2.11 bits per heavy atom. The molecule has 7 nitrogen and oxygen atoms in total. The standard InChI is InChI=1S/C28H40N4O3S/c1-2-3-4-5-13-20-29-27(36)30-21-14-12-19-25(26(33)31-24-17-10-7-11-18-24)32-28(34)35-22-23-15-8-6-9-16-23/h6-11,15-18,25H,2-5,12-14,19-22H2,1H3,(H,31,33)(H,32,34)(H2,29,30,36)/t25-/m0/s1. The molecule has 0 heterocycles. The van der Waals surface area contributed by atoms with Gasteiger partial charge in [0.1, 0.15) is 12.6 Å². The number of alkyl carbamates (subject to hydrolysis) is 1. The van der Waals surface area contributed by atoms with Crippen molar-refractivity contribution in [1.82, 2.24) is 16.0 Å². The van der Waals surface area contributed by atoms with Crippen LogP contribution in [0.4, 0.5) is 10.5 Å². The van der Waals surface area contributed by atoms with Crippen molar-refractivity contribution in [3.8, 4) is 0 Å². The number of rotatable bonds is 16. The maximum atomic E-state index is 12.9. The van der Waals surface area contributed by atoms with Crippen LogP contribution in [0.1, 0.15) is 63.9 Å². The van der Waals surface area contributed by atoms with Crippen LogP contribution in [-0.2, 0) is 16.1 Å². The third kappa shape index (κ3) is 13.1. The Morgan fingerprint density at radius 1 is 0.833 bits per heavy atom. The number of benzene rings is 2. The molecule has 0 bridgehead atoms. The van der Waals surface area contributed by atoms with E-state index in [0.717, 1.165) is 31.4 Å². The van der Waals surface area contributed by atoms with Crippen LogP contribution < -0.4 is 21.3 Å². The van der Waals surface area contributed by atoms with Gasteiger partial charge in [0.2, 0.25) is 5.91 Å². The SMILES string of the molecule is CCCCCCCNC(=S)NCCCC[C@H](NC(=O)OCc1ccccc1)C(=O)Nc1ccccc1. The predicted octanol–water partition coefficient (Wildman–Crippen LogP) is 5.52. The van der Waals surface area contributed by atoms with E-state index in [1.54, 1.807) is 0 Å². The molecule has 196 valence electrons. The highest BCUT2D eigenvalue weighted by molar-refractivity contribution is 7.80.